The summed E-state index contributed by atoms with van der Waals surface area (Å²) in [6.07, 6.45) is 1.64. The van der Waals surface area contributed by atoms with Crippen LogP contribution in [0.15, 0.2) is 58.8 Å². The molecule has 0 saturated carbocycles. The van der Waals surface area contributed by atoms with Crippen LogP contribution in [-0.4, -0.2) is 11.8 Å². The number of carbonyl (C=O) groups excluding carboxylic acids is 2. The van der Waals surface area contributed by atoms with Crippen LogP contribution in [0.3, 0.4) is 0 Å². The Balaban J connectivity index is 1.99. The van der Waals surface area contributed by atoms with Gasteiger partial charge in [-0.15, -0.1) is 0 Å². The molecule has 0 saturated heterocycles. The largest absolute Gasteiger partial charge is 0.427 e. The van der Waals surface area contributed by atoms with Crippen LogP contribution in [-0.2, 0) is 4.79 Å². The van der Waals surface area contributed by atoms with Gasteiger partial charge in [0.2, 0.25) is 0 Å². The third-order valence-corrected chi connectivity index (χ3v) is 3.31. The fourth-order valence-corrected chi connectivity index (χ4v) is 2.00. The van der Waals surface area contributed by atoms with Crippen LogP contribution in [0.4, 0.5) is 11.4 Å². The molecule has 0 unspecified atom stereocenters. The monoisotopic (exact) mass is 324 g/mol. The van der Waals surface area contributed by atoms with Crippen LogP contribution in [0.1, 0.15) is 43.5 Å². The van der Waals surface area contributed by atoms with Gasteiger partial charge in [0.25, 0.3) is 0 Å². The molecule has 2 rings (SSSR count). The summed E-state index contributed by atoms with van der Waals surface area (Å²) in [5, 5.41) is 8.26. The number of hydrogen-bond acceptors (Lipinski definition) is 5. The van der Waals surface area contributed by atoms with Gasteiger partial charge in [0.05, 0.1) is 11.4 Å². The standard InChI is InChI=1S/C19H20N2O3/c1-3-5-19(23)24-17-12-10-16(11-13-17)21-20-15-8-6-14(7-9-15)18(22)4-2/h6-13H,3-5H2,1-2H3. The van der Waals surface area contributed by atoms with Gasteiger partial charge in [-0.2, -0.15) is 10.2 Å². The average Bonchev–Trinajstić information content (AvgIpc) is 2.61. The molecule has 2 aromatic carbocycles. The Morgan fingerprint density at radius 2 is 1.42 bits per heavy atom. The van der Waals surface area contributed by atoms with Gasteiger partial charge in [-0.1, -0.05) is 13.8 Å². The lowest BCUT2D eigenvalue weighted by Crippen LogP contribution is -2.06. The van der Waals surface area contributed by atoms with Crippen LogP contribution < -0.4 is 4.74 Å². The third kappa shape index (κ3) is 5.12. The van der Waals surface area contributed by atoms with E-state index in [9.17, 15) is 9.59 Å². The minimum Gasteiger partial charge on any atom is -0.427 e. The number of esters is 1. The summed E-state index contributed by atoms with van der Waals surface area (Å²) in [5.41, 5.74) is 2.00. The van der Waals surface area contributed by atoms with Crippen LogP contribution in [0.5, 0.6) is 5.75 Å². The van der Waals surface area contributed by atoms with Crippen molar-refractivity contribution in [2.45, 2.75) is 33.1 Å². The molecule has 0 amide bonds. The van der Waals surface area contributed by atoms with Crippen LogP contribution >= 0.6 is 0 Å². The van der Waals surface area contributed by atoms with Gasteiger partial charge in [0.1, 0.15) is 5.75 Å². The Labute approximate surface area is 141 Å². The van der Waals surface area contributed by atoms with Gasteiger partial charge >= 0.3 is 5.97 Å². The van der Waals surface area contributed by atoms with Crippen molar-refractivity contribution >= 4 is 23.1 Å². The molecule has 124 valence electrons. The van der Waals surface area contributed by atoms with E-state index in [1.54, 1.807) is 48.5 Å². The second kappa shape index (κ2) is 8.72. The van der Waals surface area contributed by atoms with Crippen LogP contribution in [0.2, 0.25) is 0 Å². The Hall–Kier alpha value is -2.82. The van der Waals surface area contributed by atoms with Crippen molar-refractivity contribution in [3.8, 4) is 5.75 Å². The summed E-state index contributed by atoms with van der Waals surface area (Å²) in [6.45, 7) is 3.76. The second-order valence-corrected chi connectivity index (χ2v) is 5.24. The molecule has 0 heterocycles. The average molecular weight is 324 g/mol. The Kier molecular flexibility index (Phi) is 6.37. The van der Waals surface area contributed by atoms with Gasteiger partial charge in [0.15, 0.2) is 5.78 Å². The van der Waals surface area contributed by atoms with Gasteiger partial charge < -0.3 is 4.74 Å². The molecule has 24 heavy (non-hydrogen) atoms. The molecule has 0 aromatic heterocycles. The maximum Gasteiger partial charge on any atom is 0.311 e. The van der Waals surface area contributed by atoms with Crippen molar-refractivity contribution in [1.82, 2.24) is 0 Å². The van der Waals surface area contributed by atoms with Gasteiger partial charge in [-0.05, 0) is 55.0 Å². The lowest BCUT2D eigenvalue weighted by molar-refractivity contribution is -0.134. The molecule has 5 heteroatoms. The first-order valence-electron chi connectivity index (χ1n) is 7.98. The van der Waals surface area contributed by atoms with Gasteiger partial charge in [-0.25, -0.2) is 0 Å². The zero-order valence-electron chi connectivity index (χ0n) is 13.9. The molecule has 0 atom stereocenters. The lowest BCUT2D eigenvalue weighted by Gasteiger charge is -2.03. The van der Waals surface area contributed by atoms with Crippen molar-refractivity contribution in [3.05, 3.63) is 54.1 Å². The van der Waals surface area contributed by atoms with Crippen LogP contribution in [0, 0.1) is 0 Å². The maximum absolute atomic E-state index is 11.6. The minimum atomic E-state index is -0.242. The molecule has 0 radical (unpaired) electrons. The number of azo groups is 1. The molecule has 0 N–H and O–H groups in total. The normalized spacial score (nSPS) is 10.8. The first-order valence-corrected chi connectivity index (χ1v) is 7.98. The summed E-state index contributed by atoms with van der Waals surface area (Å²) in [7, 11) is 0. The summed E-state index contributed by atoms with van der Waals surface area (Å²) in [6, 6.07) is 13.8. The fraction of sp³-hybridized carbons (Fsp3) is 0.263. The molecule has 0 spiro atoms. The Morgan fingerprint density at radius 1 is 0.875 bits per heavy atom. The molecule has 0 fully saturated rings. The number of ether oxygens (including phenoxy) is 1. The smallest absolute Gasteiger partial charge is 0.311 e. The molecule has 0 bridgehead atoms. The van der Waals surface area contributed by atoms with Crippen molar-refractivity contribution in [1.29, 1.82) is 0 Å². The first-order chi connectivity index (χ1) is 11.6. The Bertz CT molecular complexity index is 719. The van der Waals surface area contributed by atoms with E-state index in [0.717, 1.165) is 6.42 Å². The minimum absolute atomic E-state index is 0.103. The third-order valence-electron chi connectivity index (χ3n) is 3.31. The maximum atomic E-state index is 11.6. The van der Waals surface area contributed by atoms with E-state index in [1.165, 1.54) is 0 Å². The number of carbonyl (C=O) groups is 2. The van der Waals surface area contributed by atoms with Crippen LogP contribution in [0.25, 0.3) is 0 Å². The summed E-state index contributed by atoms with van der Waals surface area (Å²) < 4.78 is 5.18. The van der Waals surface area contributed by atoms with Gasteiger partial charge in [-0.3, -0.25) is 9.59 Å². The van der Waals surface area contributed by atoms with E-state index in [-0.39, 0.29) is 11.8 Å². The summed E-state index contributed by atoms with van der Waals surface area (Å²) in [4.78, 5) is 23.0. The van der Waals surface area contributed by atoms with Crippen molar-refractivity contribution in [3.63, 3.8) is 0 Å². The predicted molar refractivity (Wildman–Crippen MR) is 92.2 cm³/mol. The Morgan fingerprint density at radius 3 is 1.92 bits per heavy atom. The molecular formula is C19H20N2O3. The zero-order valence-corrected chi connectivity index (χ0v) is 13.9. The number of benzene rings is 2. The lowest BCUT2D eigenvalue weighted by atomic mass is 10.1. The summed E-state index contributed by atoms with van der Waals surface area (Å²) >= 11 is 0. The van der Waals surface area contributed by atoms with E-state index in [4.69, 9.17) is 4.74 Å². The molecular weight excluding hydrogens is 304 g/mol. The van der Waals surface area contributed by atoms with E-state index in [1.807, 2.05) is 13.8 Å². The highest BCUT2D eigenvalue weighted by atomic mass is 16.5. The second-order valence-electron chi connectivity index (χ2n) is 5.24. The fourth-order valence-electron chi connectivity index (χ4n) is 2.00. The molecule has 0 aliphatic rings. The van der Waals surface area contributed by atoms with Crippen molar-refractivity contribution in [2.75, 3.05) is 0 Å². The number of ketones is 1. The van der Waals surface area contributed by atoms with E-state index in [0.29, 0.717) is 35.5 Å². The number of nitrogens with zero attached hydrogens (tertiary/aromatic N) is 2. The highest BCUT2D eigenvalue weighted by Gasteiger charge is 2.03. The number of Topliss-reactive ketones (excluding diaryl/α,β-unsaturated/α-hetero) is 1. The molecule has 2 aromatic rings. The first kappa shape index (κ1) is 17.5. The highest BCUT2D eigenvalue weighted by molar-refractivity contribution is 5.96. The number of hydrogen-bond donors (Lipinski definition) is 0. The van der Waals surface area contributed by atoms with E-state index < -0.39 is 0 Å². The SMILES string of the molecule is CCCC(=O)Oc1ccc(N=Nc2ccc(C(=O)CC)cc2)cc1. The topological polar surface area (TPSA) is 68.1 Å². The summed E-state index contributed by atoms with van der Waals surface area (Å²) in [5.74, 6) is 0.357. The van der Waals surface area contributed by atoms with E-state index >= 15 is 0 Å². The zero-order chi connectivity index (χ0) is 17.4. The number of rotatable bonds is 7. The molecule has 0 aliphatic heterocycles. The molecule has 0 aliphatic carbocycles. The predicted octanol–water partition coefficient (Wildman–Crippen LogP) is 5.40. The highest BCUT2D eigenvalue weighted by Crippen LogP contribution is 2.22. The quantitative estimate of drug-likeness (QED) is 0.296. The van der Waals surface area contributed by atoms with Gasteiger partial charge in [0, 0.05) is 18.4 Å². The molecule has 5 nitrogen and oxygen atoms in total. The van der Waals surface area contributed by atoms with Crippen molar-refractivity contribution < 1.29 is 14.3 Å². The van der Waals surface area contributed by atoms with E-state index in [2.05, 4.69) is 10.2 Å². The van der Waals surface area contributed by atoms with Crippen molar-refractivity contribution in [2.24, 2.45) is 10.2 Å².